The molecule has 3 rings (SSSR count). The number of amides is 3. The topological polar surface area (TPSA) is 171 Å². The molecule has 3 N–H and O–H groups in total. The second kappa shape index (κ2) is 16.3. The lowest BCUT2D eigenvalue weighted by Gasteiger charge is -2.32. The highest BCUT2D eigenvalue weighted by Crippen LogP contribution is 2.38. The van der Waals surface area contributed by atoms with E-state index < -0.39 is 65.9 Å². The molecule has 16 heteroatoms. The summed E-state index contributed by atoms with van der Waals surface area (Å²) in [6, 6.07) is 4.52. The minimum Gasteiger partial charge on any atom is -0.504 e. The minimum atomic E-state index is -1.22. The molecular formula is C35H49BIN3O11. The fourth-order valence-corrected chi connectivity index (χ4v) is 6.01. The number of likely N-dealkylation sites (N-methyl/N-ethyl adjacent to an activating group) is 1. The molecule has 1 fully saturated rings. The monoisotopic (exact) mass is 825 g/mol. The molecule has 0 saturated carbocycles. The largest absolute Gasteiger partial charge is 0.504 e. The number of halogens is 1. The Morgan fingerprint density at radius 1 is 0.961 bits per heavy atom. The van der Waals surface area contributed by atoms with E-state index in [1.165, 1.54) is 41.4 Å². The van der Waals surface area contributed by atoms with Gasteiger partial charge in [0.05, 0.1) is 36.1 Å². The minimum absolute atomic E-state index is 0.0998. The molecule has 1 aliphatic rings. The molecule has 0 unspecified atom stereocenters. The molecule has 3 atom stereocenters. The van der Waals surface area contributed by atoms with E-state index in [2.05, 4.69) is 33.2 Å². The van der Waals surface area contributed by atoms with Gasteiger partial charge in [-0.2, -0.15) is 0 Å². The summed E-state index contributed by atoms with van der Waals surface area (Å²) in [5.41, 5.74) is -0.895. The molecule has 0 aliphatic carbocycles. The quantitative estimate of drug-likeness (QED) is 0.162. The Balaban J connectivity index is 1.87. The van der Waals surface area contributed by atoms with E-state index in [0.717, 1.165) is 4.90 Å². The summed E-state index contributed by atoms with van der Waals surface area (Å²) >= 11 is 2.06. The molecule has 280 valence electrons. The van der Waals surface area contributed by atoms with Gasteiger partial charge in [-0.25, -0.2) is 9.59 Å². The first-order valence-electron chi connectivity index (χ1n) is 16.3. The Labute approximate surface area is 313 Å². The highest BCUT2D eigenvalue weighted by atomic mass is 127. The van der Waals surface area contributed by atoms with Crippen LogP contribution in [0.1, 0.15) is 72.6 Å². The number of esters is 1. The predicted octanol–water partition coefficient (Wildman–Crippen LogP) is 3.63. The number of ether oxygens (including phenoxy) is 4. The van der Waals surface area contributed by atoms with E-state index in [9.17, 15) is 24.3 Å². The van der Waals surface area contributed by atoms with Gasteiger partial charge in [0.2, 0.25) is 11.8 Å². The van der Waals surface area contributed by atoms with Crippen molar-refractivity contribution in [3.05, 3.63) is 45.0 Å². The van der Waals surface area contributed by atoms with Gasteiger partial charge in [-0.1, -0.05) is 12.1 Å². The summed E-state index contributed by atoms with van der Waals surface area (Å²) < 4.78 is 34.4. The number of hydrogen-bond donors (Lipinski definition) is 3. The lowest BCUT2D eigenvalue weighted by Crippen LogP contribution is -2.53. The Bertz CT molecular complexity index is 1610. The zero-order chi connectivity index (χ0) is 38.6. The number of aromatic hydroxyl groups is 1. The molecule has 0 bridgehead atoms. The zero-order valence-electron chi connectivity index (χ0n) is 31.3. The van der Waals surface area contributed by atoms with Crippen molar-refractivity contribution >= 4 is 59.0 Å². The van der Waals surface area contributed by atoms with E-state index >= 15 is 0 Å². The number of phenolic OH excluding ortho intramolecular Hbond substituents is 1. The first-order valence-corrected chi connectivity index (χ1v) is 17.4. The number of methoxy groups -OCH3 is 3. The molecule has 1 saturated heterocycles. The molecule has 1 heterocycles. The van der Waals surface area contributed by atoms with Crippen molar-refractivity contribution in [3.63, 3.8) is 0 Å². The summed E-state index contributed by atoms with van der Waals surface area (Å²) in [6.45, 7) is 14.1. The summed E-state index contributed by atoms with van der Waals surface area (Å²) in [4.78, 5) is 54.5. The third-order valence-corrected chi connectivity index (χ3v) is 9.51. The van der Waals surface area contributed by atoms with Crippen LogP contribution in [0.15, 0.2) is 30.3 Å². The standard InChI is InChI=1S/C35H49BIN3O11/c1-19(38-30(43)27(40(9)32(45)49-33(2,3)4)21-13-14-26(46-10)23(37)18-21)29(42)39-24(31(44)48-12)16-20-15-22(28(47-11)25(41)17-20)36-50-34(5,6)35(7,8)51-36/h13-15,17-19,24,27,41H,16H2,1-12H3,(H,38,43)(H,39,42)/t19-,24+,27+/m1/s1. The van der Waals surface area contributed by atoms with E-state index in [1.54, 1.807) is 45.0 Å². The maximum atomic E-state index is 13.8. The van der Waals surface area contributed by atoms with Crippen LogP contribution in [0.5, 0.6) is 17.2 Å². The molecule has 3 amide bonds. The van der Waals surface area contributed by atoms with Crippen LogP contribution < -0.4 is 25.6 Å². The number of nitrogens with one attached hydrogen (secondary N) is 2. The van der Waals surface area contributed by atoms with Crippen LogP contribution in [0, 0.1) is 3.57 Å². The number of phenols is 1. The van der Waals surface area contributed by atoms with Crippen LogP contribution in [0.3, 0.4) is 0 Å². The Kier molecular flexibility index (Phi) is 13.3. The number of hydrogen-bond acceptors (Lipinski definition) is 11. The number of rotatable bonds is 12. The number of carbonyl (C=O) groups excluding carboxylic acids is 4. The van der Waals surface area contributed by atoms with Crippen LogP contribution in [0.4, 0.5) is 4.79 Å². The molecule has 2 aromatic carbocycles. The average Bonchev–Trinajstić information content (AvgIpc) is 3.25. The smallest absolute Gasteiger partial charge is 0.498 e. The number of carbonyl (C=O) groups is 4. The van der Waals surface area contributed by atoms with Gasteiger partial charge in [-0.05, 0) is 107 Å². The van der Waals surface area contributed by atoms with Gasteiger partial charge in [-0.3, -0.25) is 14.5 Å². The molecule has 1 aliphatic heterocycles. The molecular weight excluding hydrogens is 776 g/mol. The van der Waals surface area contributed by atoms with E-state index in [4.69, 9.17) is 28.3 Å². The Morgan fingerprint density at radius 2 is 1.57 bits per heavy atom. The summed E-state index contributed by atoms with van der Waals surface area (Å²) in [5.74, 6) is -1.63. The van der Waals surface area contributed by atoms with Gasteiger partial charge in [0.1, 0.15) is 29.5 Å². The Hall–Kier alpha value is -3.77. The van der Waals surface area contributed by atoms with Crippen molar-refractivity contribution in [2.75, 3.05) is 28.4 Å². The second-order valence-corrected chi connectivity index (χ2v) is 15.4. The van der Waals surface area contributed by atoms with Crippen molar-refractivity contribution in [3.8, 4) is 17.2 Å². The number of benzene rings is 2. The van der Waals surface area contributed by atoms with Crippen molar-refractivity contribution in [2.45, 2.75) is 96.7 Å². The van der Waals surface area contributed by atoms with Crippen LogP contribution in [0.25, 0.3) is 0 Å². The third-order valence-electron chi connectivity index (χ3n) is 8.67. The summed E-state index contributed by atoms with van der Waals surface area (Å²) in [6.07, 6.45) is -0.851. The van der Waals surface area contributed by atoms with Gasteiger partial charge in [0.15, 0.2) is 11.5 Å². The van der Waals surface area contributed by atoms with E-state index in [1.807, 2.05) is 27.7 Å². The molecule has 51 heavy (non-hydrogen) atoms. The molecule has 14 nitrogen and oxygen atoms in total. The molecule has 2 aromatic rings. The maximum Gasteiger partial charge on any atom is 0.498 e. The normalized spacial score (nSPS) is 16.7. The van der Waals surface area contributed by atoms with E-state index in [0.29, 0.717) is 25.9 Å². The summed E-state index contributed by atoms with van der Waals surface area (Å²) in [7, 11) is 4.64. The van der Waals surface area contributed by atoms with Crippen LogP contribution in [-0.2, 0) is 39.6 Å². The van der Waals surface area contributed by atoms with Crippen LogP contribution in [-0.4, -0.2) is 98.3 Å². The lowest BCUT2D eigenvalue weighted by atomic mass is 9.77. The highest BCUT2D eigenvalue weighted by Gasteiger charge is 2.53. The van der Waals surface area contributed by atoms with Gasteiger partial charge < -0.3 is 44.0 Å². The first kappa shape index (κ1) is 41.7. The Morgan fingerprint density at radius 3 is 2.08 bits per heavy atom. The second-order valence-electron chi connectivity index (χ2n) is 14.2. The third kappa shape index (κ3) is 9.97. The first-order chi connectivity index (χ1) is 23.5. The zero-order valence-corrected chi connectivity index (χ0v) is 33.4. The fourth-order valence-electron chi connectivity index (χ4n) is 5.25. The van der Waals surface area contributed by atoms with Gasteiger partial charge in [0.25, 0.3) is 0 Å². The SMILES string of the molecule is COC(=O)[C@H](Cc1cc(O)c(OC)c(B2OC(C)(C)C(C)(C)O2)c1)NC(=O)[C@@H](C)NC(=O)[C@H](c1ccc(OC)c(I)c1)N(C)C(=O)OC(C)(C)C. The van der Waals surface area contributed by atoms with Crippen molar-refractivity contribution in [1.82, 2.24) is 15.5 Å². The molecule has 0 aromatic heterocycles. The lowest BCUT2D eigenvalue weighted by molar-refractivity contribution is -0.145. The van der Waals surface area contributed by atoms with Crippen LogP contribution >= 0.6 is 22.6 Å². The highest BCUT2D eigenvalue weighted by molar-refractivity contribution is 14.1. The predicted molar refractivity (Wildman–Crippen MR) is 198 cm³/mol. The summed E-state index contributed by atoms with van der Waals surface area (Å²) in [5, 5.41) is 16.2. The van der Waals surface area contributed by atoms with Crippen LogP contribution in [0.2, 0.25) is 0 Å². The van der Waals surface area contributed by atoms with Gasteiger partial charge in [0, 0.05) is 18.9 Å². The van der Waals surface area contributed by atoms with E-state index in [-0.39, 0.29) is 17.9 Å². The maximum absolute atomic E-state index is 13.8. The van der Waals surface area contributed by atoms with Gasteiger partial charge in [-0.15, -0.1) is 0 Å². The fraction of sp³-hybridized carbons (Fsp3) is 0.543. The number of nitrogens with zero attached hydrogens (tertiary/aromatic N) is 1. The van der Waals surface area contributed by atoms with Crippen molar-refractivity contribution in [2.24, 2.45) is 0 Å². The van der Waals surface area contributed by atoms with Gasteiger partial charge >= 0.3 is 19.2 Å². The average molecular weight is 826 g/mol. The van der Waals surface area contributed by atoms with Crippen molar-refractivity contribution < 1.29 is 52.5 Å². The molecule has 0 spiro atoms. The van der Waals surface area contributed by atoms with Crippen molar-refractivity contribution in [1.29, 1.82) is 0 Å². The molecule has 0 radical (unpaired) electrons.